The van der Waals surface area contributed by atoms with Gasteiger partial charge in [0, 0.05) is 6.07 Å². The monoisotopic (exact) mass is 193 g/mol. The molecular formula is C6H6F3N3O. The second-order valence-electron chi connectivity index (χ2n) is 2.31. The smallest absolute Gasteiger partial charge is 0.311 e. The van der Waals surface area contributed by atoms with Gasteiger partial charge >= 0.3 is 6.18 Å². The van der Waals surface area contributed by atoms with Crippen molar-refractivity contribution in [2.75, 3.05) is 5.32 Å². The molecule has 0 spiro atoms. The highest BCUT2D eigenvalue weighted by atomic mass is 19.4. The van der Waals surface area contributed by atoms with Crippen LogP contribution in [0.4, 0.5) is 19.0 Å². The van der Waals surface area contributed by atoms with Crippen molar-refractivity contribution in [3.8, 4) is 0 Å². The molecule has 72 valence electrons. The molecule has 0 aromatic carbocycles. The van der Waals surface area contributed by atoms with Gasteiger partial charge in [-0.25, -0.2) is 0 Å². The minimum Gasteiger partial charge on any atom is -0.311 e. The first-order valence-corrected chi connectivity index (χ1v) is 3.33. The van der Waals surface area contributed by atoms with E-state index in [9.17, 15) is 18.0 Å². The zero-order valence-electron chi connectivity index (χ0n) is 6.35. The standard InChI is InChI=1S/C6H6F3N3O/c7-6(8,9)3-5(13)11-4-1-2-10-12-4/h1-2H,3H2,(H2,10,11,12,13). The minimum absolute atomic E-state index is 0.147. The van der Waals surface area contributed by atoms with Crippen molar-refractivity contribution in [2.24, 2.45) is 0 Å². The highest BCUT2D eigenvalue weighted by Gasteiger charge is 2.31. The largest absolute Gasteiger partial charge is 0.397 e. The van der Waals surface area contributed by atoms with Crippen LogP contribution in [-0.2, 0) is 4.79 Å². The van der Waals surface area contributed by atoms with Gasteiger partial charge in [0.05, 0.1) is 6.20 Å². The predicted molar refractivity (Wildman–Crippen MR) is 37.9 cm³/mol. The molecule has 0 aliphatic rings. The van der Waals surface area contributed by atoms with Crippen molar-refractivity contribution in [1.29, 1.82) is 0 Å². The average Bonchev–Trinajstić information content (AvgIpc) is 2.34. The molecule has 1 aromatic heterocycles. The highest BCUT2D eigenvalue weighted by Crippen LogP contribution is 2.19. The van der Waals surface area contributed by atoms with E-state index in [4.69, 9.17) is 0 Å². The van der Waals surface area contributed by atoms with Gasteiger partial charge in [0.15, 0.2) is 0 Å². The summed E-state index contributed by atoms with van der Waals surface area (Å²) in [5, 5.41) is 7.76. The number of alkyl halides is 3. The Labute approximate surface area is 71.1 Å². The third-order valence-corrected chi connectivity index (χ3v) is 1.14. The Balaban J connectivity index is 2.43. The Morgan fingerprint density at radius 1 is 1.62 bits per heavy atom. The van der Waals surface area contributed by atoms with Crippen LogP contribution in [-0.4, -0.2) is 22.3 Å². The first kappa shape index (κ1) is 9.56. The van der Waals surface area contributed by atoms with Crippen molar-refractivity contribution in [2.45, 2.75) is 12.6 Å². The van der Waals surface area contributed by atoms with E-state index in [2.05, 4.69) is 10.2 Å². The molecule has 13 heavy (non-hydrogen) atoms. The Bertz CT molecular complexity index is 280. The molecule has 0 unspecified atom stereocenters. The van der Waals surface area contributed by atoms with Crippen molar-refractivity contribution in [1.82, 2.24) is 10.2 Å². The molecule has 0 saturated heterocycles. The maximum Gasteiger partial charge on any atom is 0.397 e. The molecule has 1 amide bonds. The van der Waals surface area contributed by atoms with Crippen LogP contribution in [0.25, 0.3) is 0 Å². The van der Waals surface area contributed by atoms with Gasteiger partial charge in [-0.05, 0) is 0 Å². The zero-order chi connectivity index (χ0) is 9.90. The van der Waals surface area contributed by atoms with Crippen LogP contribution in [0.15, 0.2) is 12.3 Å². The molecule has 1 heterocycles. The number of halogens is 3. The number of aromatic amines is 1. The Morgan fingerprint density at radius 2 is 2.31 bits per heavy atom. The molecule has 0 radical (unpaired) electrons. The van der Waals surface area contributed by atoms with E-state index in [0.29, 0.717) is 0 Å². The quantitative estimate of drug-likeness (QED) is 0.743. The molecule has 0 atom stereocenters. The maximum atomic E-state index is 11.6. The summed E-state index contributed by atoms with van der Waals surface area (Å²) in [5.41, 5.74) is 0. The van der Waals surface area contributed by atoms with Crippen LogP contribution in [0.1, 0.15) is 6.42 Å². The number of amides is 1. The summed E-state index contributed by atoms with van der Waals surface area (Å²) in [4.78, 5) is 10.6. The van der Waals surface area contributed by atoms with E-state index in [1.165, 1.54) is 12.3 Å². The van der Waals surface area contributed by atoms with Gasteiger partial charge < -0.3 is 5.32 Å². The van der Waals surface area contributed by atoms with Crippen LogP contribution in [0.2, 0.25) is 0 Å². The third-order valence-electron chi connectivity index (χ3n) is 1.14. The summed E-state index contributed by atoms with van der Waals surface area (Å²) in [6.07, 6.45) is -4.65. The molecule has 4 nitrogen and oxygen atoms in total. The van der Waals surface area contributed by atoms with Gasteiger partial charge in [0.25, 0.3) is 0 Å². The topological polar surface area (TPSA) is 57.8 Å². The van der Waals surface area contributed by atoms with Gasteiger partial charge in [-0.1, -0.05) is 0 Å². The highest BCUT2D eigenvalue weighted by molar-refractivity contribution is 5.90. The van der Waals surface area contributed by atoms with Gasteiger partial charge in [-0.3, -0.25) is 9.89 Å². The first-order chi connectivity index (χ1) is 5.97. The number of H-pyrrole nitrogens is 1. The fraction of sp³-hybridized carbons (Fsp3) is 0.333. The molecule has 2 N–H and O–H groups in total. The van der Waals surface area contributed by atoms with Crippen molar-refractivity contribution < 1.29 is 18.0 Å². The summed E-state index contributed by atoms with van der Waals surface area (Å²) in [6, 6.07) is 1.36. The number of nitrogens with one attached hydrogen (secondary N) is 2. The minimum atomic E-state index is -4.48. The van der Waals surface area contributed by atoms with Crippen molar-refractivity contribution in [3.63, 3.8) is 0 Å². The second-order valence-corrected chi connectivity index (χ2v) is 2.31. The van der Waals surface area contributed by atoms with E-state index < -0.39 is 18.5 Å². The lowest BCUT2D eigenvalue weighted by molar-refractivity contribution is -0.150. The SMILES string of the molecule is O=C(CC(F)(F)F)Nc1ccn[nH]1. The Kier molecular flexibility index (Phi) is 2.54. The molecule has 1 aromatic rings. The number of carbonyl (C=O) groups is 1. The van der Waals surface area contributed by atoms with E-state index >= 15 is 0 Å². The van der Waals surface area contributed by atoms with Gasteiger partial charge in [-0.2, -0.15) is 18.3 Å². The predicted octanol–water partition coefficient (Wildman–Crippen LogP) is 1.30. The number of hydrogen-bond donors (Lipinski definition) is 2. The number of anilines is 1. The fourth-order valence-corrected chi connectivity index (χ4v) is 0.702. The number of hydrogen-bond acceptors (Lipinski definition) is 2. The van der Waals surface area contributed by atoms with Crippen LogP contribution < -0.4 is 5.32 Å². The number of carbonyl (C=O) groups excluding carboxylic acids is 1. The first-order valence-electron chi connectivity index (χ1n) is 3.33. The van der Waals surface area contributed by atoms with Crippen LogP contribution in [0, 0.1) is 0 Å². The molecule has 1 rings (SSSR count). The van der Waals surface area contributed by atoms with Crippen molar-refractivity contribution in [3.05, 3.63) is 12.3 Å². The normalized spacial score (nSPS) is 11.3. The van der Waals surface area contributed by atoms with E-state index in [1.807, 2.05) is 5.32 Å². The van der Waals surface area contributed by atoms with E-state index in [0.717, 1.165) is 0 Å². The molecule has 0 aliphatic heterocycles. The molecule has 0 saturated carbocycles. The molecule has 7 heteroatoms. The summed E-state index contributed by atoms with van der Waals surface area (Å²) >= 11 is 0. The van der Waals surface area contributed by atoms with E-state index in [-0.39, 0.29) is 5.82 Å². The summed E-state index contributed by atoms with van der Waals surface area (Å²) in [7, 11) is 0. The summed E-state index contributed by atoms with van der Waals surface area (Å²) < 4.78 is 34.9. The van der Waals surface area contributed by atoms with Gasteiger partial charge in [0.1, 0.15) is 12.2 Å². The number of aromatic nitrogens is 2. The molecule has 0 aliphatic carbocycles. The molecule has 0 fully saturated rings. The Morgan fingerprint density at radius 3 is 2.77 bits per heavy atom. The van der Waals surface area contributed by atoms with Gasteiger partial charge in [0.2, 0.25) is 5.91 Å². The lowest BCUT2D eigenvalue weighted by atomic mass is 10.4. The molecule has 0 bridgehead atoms. The molecular weight excluding hydrogens is 187 g/mol. The van der Waals surface area contributed by atoms with Crippen molar-refractivity contribution >= 4 is 11.7 Å². The van der Waals surface area contributed by atoms with Crippen LogP contribution in [0.5, 0.6) is 0 Å². The second kappa shape index (κ2) is 3.46. The van der Waals surface area contributed by atoms with Crippen LogP contribution in [0.3, 0.4) is 0 Å². The maximum absolute atomic E-state index is 11.6. The van der Waals surface area contributed by atoms with E-state index in [1.54, 1.807) is 0 Å². The number of nitrogens with zero attached hydrogens (tertiary/aromatic N) is 1. The lowest BCUT2D eigenvalue weighted by Gasteiger charge is -2.05. The summed E-state index contributed by atoms with van der Waals surface area (Å²) in [5.74, 6) is -0.967. The average molecular weight is 193 g/mol. The number of rotatable bonds is 2. The van der Waals surface area contributed by atoms with Crippen LogP contribution >= 0.6 is 0 Å². The zero-order valence-corrected chi connectivity index (χ0v) is 6.35. The lowest BCUT2D eigenvalue weighted by Crippen LogP contribution is -2.21. The third kappa shape index (κ3) is 3.59. The van der Waals surface area contributed by atoms with Gasteiger partial charge in [-0.15, -0.1) is 0 Å². The Hall–Kier alpha value is -1.53. The fourth-order valence-electron chi connectivity index (χ4n) is 0.702. The summed E-state index contributed by atoms with van der Waals surface area (Å²) in [6.45, 7) is 0.